The molecule has 1 unspecified atom stereocenters. The van der Waals surface area contributed by atoms with E-state index in [1.807, 2.05) is 0 Å². The summed E-state index contributed by atoms with van der Waals surface area (Å²) in [7, 11) is -3.34. The third-order valence-corrected chi connectivity index (χ3v) is 8.76. The summed E-state index contributed by atoms with van der Waals surface area (Å²) >= 11 is 6.25. The van der Waals surface area contributed by atoms with Gasteiger partial charge in [0.1, 0.15) is 5.71 Å². The van der Waals surface area contributed by atoms with Crippen LogP contribution in [0.4, 0.5) is 27.6 Å². The number of para-hydroxylation sites is 1. The molecule has 200 valence electrons. The predicted molar refractivity (Wildman–Crippen MR) is 134 cm³/mol. The molecule has 0 spiro atoms. The van der Waals surface area contributed by atoms with Gasteiger partial charge >= 0.3 is 12.1 Å². The van der Waals surface area contributed by atoms with E-state index in [-0.39, 0.29) is 23.0 Å². The van der Waals surface area contributed by atoms with E-state index in [9.17, 15) is 30.4 Å². The minimum absolute atomic E-state index is 0.0656. The van der Waals surface area contributed by atoms with Crippen molar-refractivity contribution < 1.29 is 30.4 Å². The maximum absolute atomic E-state index is 14.3. The summed E-state index contributed by atoms with van der Waals surface area (Å²) in [5.41, 5.74) is 1.01. The lowest BCUT2D eigenvalue weighted by Crippen LogP contribution is -2.43. The lowest BCUT2D eigenvalue weighted by Gasteiger charge is -2.27. The van der Waals surface area contributed by atoms with E-state index in [0.717, 1.165) is 16.1 Å². The highest BCUT2D eigenvalue weighted by atomic mass is 35.5. The Morgan fingerprint density at radius 3 is 2.43 bits per heavy atom. The number of alkyl halides is 5. The number of halogens is 6. The van der Waals surface area contributed by atoms with Gasteiger partial charge in [-0.1, -0.05) is 54.9 Å². The maximum Gasteiger partial charge on any atom is 0.459 e. The second-order valence-electron chi connectivity index (χ2n) is 8.91. The van der Waals surface area contributed by atoms with Crippen LogP contribution in [-0.4, -0.2) is 49.4 Å². The zero-order valence-electron chi connectivity index (χ0n) is 19.9. The van der Waals surface area contributed by atoms with Gasteiger partial charge in [0.15, 0.2) is 0 Å². The van der Waals surface area contributed by atoms with E-state index < -0.39 is 40.3 Å². The van der Waals surface area contributed by atoms with Crippen LogP contribution in [0.5, 0.6) is 0 Å². The van der Waals surface area contributed by atoms with Crippen LogP contribution in [0, 0.1) is 0 Å². The van der Waals surface area contributed by atoms with Crippen molar-refractivity contribution >= 4 is 38.6 Å². The van der Waals surface area contributed by atoms with Crippen LogP contribution < -0.4 is 5.01 Å². The molecule has 5 nitrogen and oxygen atoms in total. The molecular weight excluding hydrogens is 537 g/mol. The van der Waals surface area contributed by atoms with Gasteiger partial charge in [-0.3, -0.25) is 5.01 Å². The number of hydrazone groups is 1. The molecule has 0 aromatic heterocycles. The molecule has 1 atom stereocenters. The molecule has 0 fully saturated rings. The molecule has 4 rings (SSSR count). The second-order valence-corrected chi connectivity index (χ2v) is 11.4. The van der Waals surface area contributed by atoms with Crippen molar-refractivity contribution in [3.8, 4) is 0 Å². The lowest BCUT2D eigenvalue weighted by molar-refractivity contribution is -0.249. The number of hydrogen-bond donors (Lipinski definition) is 0. The molecule has 12 heteroatoms. The van der Waals surface area contributed by atoms with Crippen LogP contribution in [0.2, 0.25) is 5.02 Å². The van der Waals surface area contributed by atoms with E-state index in [4.69, 9.17) is 11.6 Å². The first-order valence-corrected chi connectivity index (χ1v) is 13.7. The maximum atomic E-state index is 14.3. The quantitative estimate of drug-likeness (QED) is 0.355. The first-order valence-electron chi connectivity index (χ1n) is 11.7. The van der Waals surface area contributed by atoms with E-state index in [1.165, 1.54) is 16.4 Å². The molecule has 2 heterocycles. The minimum Gasteiger partial charge on any atom is -0.256 e. The zero-order valence-corrected chi connectivity index (χ0v) is 21.4. The molecule has 0 aliphatic carbocycles. The smallest absolute Gasteiger partial charge is 0.256 e. The molecular formula is C25H25ClF5N3O2S. The van der Waals surface area contributed by atoms with Gasteiger partial charge in [-0.05, 0) is 47.7 Å². The third-order valence-electron chi connectivity index (χ3n) is 6.40. The van der Waals surface area contributed by atoms with Gasteiger partial charge in [0.2, 0.25) is 10.0 Å². The number of sulfonamides is 1. The molecule has 0 saturated carbocycles. The molecule has 0 bridgehead atoms. The Balaban J connectivity index is 1.67. The summed E-state index contributed by atoms with van der Waals surface area (Å²) < 4.78 is 94.2. The summed E-state index contributed by atoms with van der Waals surface area (Å²) in [4.78, 5) is 0. The highest BCUT2D eigenvalue weighted by Gasteiger charge is 2.62. The van der Waals surface area contributed by atoms with E-state index in [2.05, 4.69) is 5.10 Å². The lowest BCUT2D eigenvalue weighted by atomic mass is 9.93. The predicted octanol–water partition coefficient (Wildman–Crippen LogP) is 6.67. The van der Waals surface area contributed by atoms with Crippen molar-refractivity contribution in [2.75, 3.05) is 23.9 Å². The Morgan fingerprint density at radius 1 is 1.08 bits per heavy atom. The molecule has 2 aromatic rings. The number of rotatable bonds is 7. The van der Waals surface area contributed by atoms with Gasteiger partial charge in [0.05, 0.1) is 22.5 Å². The van der Waals surface area contributed by atoms with Crippen molar-refractivity contribution in [3.63, 3.8) is 0 Å². The van der Waals surface area contributed by atoms with Crippen molar-refractivity contribution in [2.24, 2.45) is 5.10 Å². The molecule has 2 aliphatic rings. The first-order chi connectivity index (χ1) is 17.3. The van der Waals surface area contributed by atoms with Crippen LogP contribution in [0.25, 0.3) is 5.57 Å². The summed E-state index contributed by atoms with van der Waals surface area (Å²) in [5.74, 6) is -5.03. The summed E-state index contributed by atoms with van der Waals surface area (Å²) in [6.45, 7) is 2.31. The fourth-order valence-electron chi connectivity index (χ4n) is 4.48. The van der Waals surface area contributed by atoms with Crippen LogP contribution in [0.15, 0.2) is 59.7 Å². The zero-order chi connectivity index (χ0) is 27.0. The van der Waals surface area contributed by atoms with Gasteiger partial charge < -0.3 is 0 Å². The van der Waals surface area contributed by atoms with Crippen molar-refractivity contribution in [1.82, 2.24) is 4.31 Å². The monoisotopic (exact) mass is 561 g/mol. The number of hydrogen-bond acceptors (Lipinski definition) is 4. The van der Waals surface area contributed by atoms with Gasteiger partial charge in [0.25, 0.3) is 0 Å². The first kappa shape index (κ1) is 27.5. The third kappa shape index (κ3) is 5.53. The van der Waals surface area contributed by atoms with E-state index >= 15 is 0 Å². The summed E-state index contributed by atoms with van der Waals surface area (Å²) in [6.07, 6.45) is -3.68. The van der Waals surface area contributed by atoms with Crippen LogP contribution >= 0.6 is 11.6 Å². The Hall–Kier alpha value is -2.50. The molecule has 2 aliphatic heterocycles. The van der Waals surface area contributed by atoms with Crippen LogP contribution in [-0.2, 0) is 10.0 Å². The molecule has 0 radical (unpaired) electrons. The summed E-state index contributed by atoms with van der Waals surface area (Å²) in [6, 6.07) is 12.1. The normalized spacial score (nSPS) is 19.6. The Bertz CT molecular complexity index is 1330. The van der Waals surface area contributed by atoms with Crippen molar-refractivity contribution in [3.05, 3.63) is 70.8 Å². The van der Waals surface area contributed by atoms with Gasteiger partial charge in [-0.15, -0.1) is 0 Å². The molecule has 0 amide bonds. The van der Waals surface area contributed by atoms with Crippen molar-refractivity contribution in [2.45, 2.75) is 44.3 Å². The number of nitrogens with zero attached hydrogens (tertiary/aromatic N) is 3. The Kier molecular flexibility index (Phi) is 7.69. The largest absolute Gasteiger partial charge is 0.459 e. The summed E-state index contributed by atoms with van der Waals surface area (Å²) in [5, 5.41) is 4.99. The van der Waals surface area contributed by atoms with Gasteiger partial charge in [-0.25, -0.2) is 8.42 Å². The van der Waals surface area contributed by atoms with Crippen molar-refractivity contribution in [1.29, 1.82) is 0 Å². The average molecular weight is 562 g/mol. The standard InChI is InChI=1S/C25H25ClF5N3O2S/c1-2-14-37(35,36)33-12-10-17(11-13-33)18-6-5-7-19(15-18)22-16-23(24(27,28)25(29,30)31)32-34(22)21-9-4-3-8-20(21)26/h3-10,15,22H,2,11-14,16H2,1H3. The minimum atomic E-state index is -5.79. The van der Waals surface area contributed by atoms with Crippen LogP contribution in [0.1, 0.15) is 43.4 Å². The Labute approximate surface area is 217 Å². The van der Waals surface area contributed by atoms with Gasteiger partial charge in [0, 0.05) is 19.5 Å². The highest BCUT2D eigenvalue weighted by Crippen LogP contribution is 2.46. The average Bonchev–Trinajstić information content (AvgIpc) is 3.30. The second kappa shape index (κ2) is 10.3. The number of benzene rings is 2. The fourth-order valence-corrected chi connectivity index (χ4v) is 6.15. The molecule has 2 aromatic carbocycles. The molecule has 0 N–H and O–H groups in total. The number of anilines is 1. The molecule has 0 saturated heterocycles. The van der Waals surface area contributed by atoms with E-state index in [0.29, 0.717) is 24.9 Å². The Morgan fingerprint density at radius 2 is 1.81 bits per heavy atom. The molecule has 37 heavy (non-hydrogen) atoms. The van der Waals surface area contributed by atoms with Gasteiger partial charge in [-0.2, -0.15) is 31.4 Å². The van der Waals surface area contributed by atoms with Crippen LogP contribution in [0.3, 0.4) is 0 Å². The topological polar surface area (TPSA) is 53.0 Å². The van der Waals surface area contributed by atoms with E-state index in [1.54, 1.807) is 49.4 Å². The fraction of sp³-hybridized carbons (Fsp3) is 0.400. The highest BCUT2D eigenvalue weighted by molar-refractivity contribution is 7.89. The SMILES string of the molecule is CCCS(=O)(=O)N1CC=C(c2cccc(C3CC(C(F)(F)C(F)(F)F)=NN3c3ccccc3Cl)c2)CC1.